The van der Waals surface area contributed by atoms with Gasteiger partial charge in [-0.3, -0.25) is 10.1 Å². The maximum absolute atomic E-state index is 12.7. The minimum absolute atomic E-state index is 0.000511. The van der Waals surface area contributed by atoms with E-state index in [0.717, 1.165) is 30.3 Å². The molecular weight excluding hydrogens is 968 g/mol. The molecule has 0 radical (unpaired) electrons. The fraction of sp³-hybridized carbons (Fsp3) is 0.412. The van der Waals surface area contributed by atoms with Crippen molar-refractivity contribution < 1.29 is 129 Å². The third-order valence-electron chi connectivity index (χ3n) is 7.49. The maximum Gasteiger partial charge on any atom is 0.534 e. The number of nitro benzene ring substituents is 1. The lowest BCUT2D eigenvalue weighted by Gasteiger charge is -2.18. The fourth-order valence-corrected chi connectivity index (χ4v) is 5.63. The Kier molecular flexibility index (Phi) is 18.5. The number of hydrogen-bond acceptors (Lipinski definition) is 23. The molecule has 3 aromatic carbocycles. The van der Waals surface area contributed by atoms with Crippen LogP contribution in [0.25, 0.3) is 0 Å². The van der Waals surface area contributed by atoms with E-state index >= 15 is 0 Å². The lowest BCUT2D eigenvalue weighted by molar-refractivity contribution is -0.384. The smallest absolute Gasteiger partial charge is 0.502 e. The van der Waals surface area contributed by atoms with Crippen molar-refractivity contribution in [3.05, 3.63) is 57.6 Å². The third-order valence-corrected chi connectivity index (χ3v) is 9.42. The number of phenolic OH excluding ortho intramolecular Hbond substituents is 1. The van der Waals surface area contributed by atoms with E-state index in [0.29, 0.717) is 0 Å². The molecule has 2 aliphatic heterocycles. The lowest BCUT2D eigenvalue weighted by atomic mass is 10.1. The standard InChI is InChI=1S/C14H15F3O10S.C13H16O8.C7H4F3NO5S/c1-3-23-13(19)9(18)7-4-8(24-5-22-2)11(12-10(7)25-6-26-12)27-28(20,21)14(15,16)17;1-3-18-13(16)9(14)7-4-8(19-5-17-2)10(15)12-11(7)20-6-21-12;8-7(9,10)17(14,15)16-6-3-1-5(2-4-6)11(12)13/h4,9,18H,3,5-6H2,1-2H3;4,9,14-15H,3,5-6H2,1-2H3;1-4H. The van der Waals surface area contributed by atoms with E-state index in [1.807, 2.05) is 0 Å². The summed E-state index contributed by atoms with van der Waals surface area (Å²) in [5, 5.41) is 40.4. The number of ether oxygens (including phenoxy) is 10. The van der Waals surface area contributed by atoms with E-state index < -0.39 is 108 Å². The number of carbonyl (C=O) groups is 2. The van der Waals surface area contributed by atoms with E-state index in [4.69, 9.17) is 37.9 Å². The van der Waals surface area contributed by atoms with Crippen molar-refractivity contribution in [3.63, 3.8) is 0 Å². The minimum Gasteiger partial charge on any atom is -0.502 e. The first-order valence-electron chi connectivity index (χ1n) is 17.6. The van der Waals surface area contributed by atoms with Gasteiger partial charge < -0.3 is 71.1 Å². The molecule has 0 saturated carbocycles. The van der Waals surface area contributed by atoms with Crippen molar-refractivity contribution in [2.45, 2.75) is 37.1 Å². The molecule has 0 amide bonds. The molecule has 2 heterocycles. The van der Waals surface area contributed by atoms with Gasteiger partial charge in [-0.05, 0) is 38.1 Å². The number of carbonyl (C=O) groups excluding carboxylic acids is 2. The number of hydrogen-bond donors (Lipinski definition) is 3. The number of nitrogens with zero attached hydrogens (tertiary/aromatic N) is 1. The predicted octanol–water partition coefficient (Wildman–Crippen LogP) is 3.75. The molecule has 5 rings (SSSR count). The first kappa shape index (κ1) is 53.9. The molecular formula is C34H35F6NO23S2. The quantitative estimate of drug-likeness (QED) is 0.0330. The van der Waals surface area contributed by atoms with Gasteiger partial charge in [-0.15, -0.1) is 0 Å². The number of aromatic hydroxyl groups is 1. The van der Waals surface area contributed by atoms with Crippen LogP contribution in [0.5, 0.6) is 51.7 Å². The average molecular weight is 1000 g/mol. The van der Waals surface area contributed by atoms with Crippen molar-refractivity contribution in [3.8, 4) is 51.7 Å². The molecule has 32 heteroatoms. The summed E-state index contributed by atoms with van der Waals surface area (Å²) in [7, 11) is -9.24. The SMILES string of the molecule is CCOC(=O)C(O)c1cc(OCOC)c(O)c2c1OCO2.CCOC(=O)C(O)c1cc(OCOC)c(OS(=O)(=O)C(F)(F)F)c2c1OCO2.O=[N+]([O-])c1ccc(OS(=O)(=O)C(F)(F)F)cc1. The number of rotatable bonds is 17. The number of aliphatic hydroxyl groups excluding tert-OH is 2. The second-order valence-electron chi connectivity index (χ2n) is 11.9. The summed E-state index contributed by atoms with van der Waals surface area (Å²) in [6.07, 6.45) is -3.50. The van der Waals surface area contributed by atoms with Crippen molar-refractivity contribution >= 4 is 37.9 Å². The van der Waals surface area contributed by atoms with Crippen LogP contribution in [0.3, 0.4) is 0 Å². The summed E-state index contributed by atoms with van der Waals surface area (Å²) < 4.78 is 175. The summed E-state index contributed by atoms with van der Waals surface area (Å²) in [6, 6.07) is 5.28. The Hall–Kier alpha value is -6.48. The van der Waals surface area contributed by atoms with Gasteiger partial charge in [0, 0.05) is 37.5 Å². The number of phenols is 1. The van der Waals surface area contributed by atoms with E-state index in [-0.39, 0.29) is 60.9 Å². The maximum atomic E-state index is 12.7. The highest BCUT2D eigenvalue weighted by Gasteiger charge is 2.50. The minimum atomic E-state index is -6.09. The van der Waals surface area contributed by atoms with Crippen molar-refractivity contribution in [1.29, 1.82) is 0 Å². The van der Waals surface area contributed by atoms with Crippen molar-refractivity contribution in [2.75, 3.05) is 54.6 Å². The largest absolute Gasteiger partial charge is 0.534 e. The van der Waals surface area contributed by atoms with Crippen LogP contribution >= 0.6 is 0 Å². The average Bonchev–Trinajstić information content (AvgIpc) is 3.94. The molecule has 0 aromatic heterocycles. The molecule has 0 spiro atoms. The first-order chi connectivity index (χ1) is 30.8. The number of esters is 2. The number of halogens is 6. The van der Waals surface area contributed by atoms with Gasteiger partial charge >= 0.3 is 43.2 Å². The molecule has 0 aliphatic carbocycles. The summed E-state index contributed by atoms with van der Waals surface area (Å²) in [6.45, 7) is 1.83. The predicted molar refractivity (Wildman–Crippen MR) is 199 cm³/mol. The Balaban J connectivity index is 0.000000272. The molecule has 2 aliphatic rings. The normalized spacial score (nSPS) is 13.7. The van der Waals surface area contributed by atoms with Gasteiger partial charge in [0.1, 0.15) is 5.75 Å². The van der Waals surface area contributed by atoms with E-state index in [2.05, 4.69) is 17.8 Å². The van der Waals surface area contributed by atoms with E-state index in [9.17, 15) is 78.2 Å². The summed E-state index contributed by atoms with van der Waals surface area (Å²) in [5.74, 6) is -5.41. The topological polar surface area (TPSA) is 317 Å². The monoisotopic (exact) mass is 1000 g/mol. The Morgan fingerprint density at radius 1 is 0.712 bits per heavy atom. The fourth-order valence-electron chi connectivity index (χ4n) is 4.70. The van der Waals surface area contributed by atoms with Crippen molar-refractivity contribution in [2.24, 2.45) is 0 Å². The molecule has 24 nitrogen and oxygen atoms in total. The first-order valence-corrected chi connectivity index (χ1v) is 20.4. The van der Waals surface area contributed by atoms with Gasteiger partial charge in [-0.1, -0.05) is 0 Å². The van der Waals surface area contributed by atoms with Crippen LogP contribution in [-0.2, 0) is 48.8 Å². The second kappa shape index (κ2) is 22.6. The molecule has 0 fully saturated rings. The highest BCUT2D eigenvalue weighted by Crippen LogP contribution is 2.53. The summed E-state index contributed by atoms with van der Waals surface area (Å²) >= 11 is 0. The number of benzene rings is 3. The second-order valence-corrected chi connectivity index (χ2v) is 14.9. The summed E-state index contributed by atoms with van der Waals surface area (Å²) in [5.41, 5.74) is -11.9. The van der Waals surface area contributed by atoms with E-state index in [1.165, 1.54) is 27.2 Å². The van der Waals surface area contributed by atoms with Crippen LogP contribution in [-0.4, -0.2) is 115 Å². The third kappa shape index (κ3) is 13.3. The molecule has 66 heavy (non-hydrogen) atoms. The van der Waals surface area contributed by atoms with Gasteiger partial charge in [0.15, 0.2) is 48.8 Å². The number of non-ortho nitro benzene ring substituents is 1. The summed E-state index contributed by atoms with van der Waals surface area (Å²) in [4.78, 5) is 32.9. The van der Waals surface area contributed by atoms with Gasteiger partial charge in [-0.25, -0.2) is 9.59 Å². The van der Waals surface area contributed by atoms with Crippen molar-refractivity contribution in [1.82, 2.24) is 0 Å². The molecule has 0 saturated heterocycles. The van der Waals surface area contributed by atoms with Crippen LogP contribution in [0, 0.1) is 10.1 Å². The van der Waals surface area contributed by atoms with Crippen LogP contribution < -0.4 is 36.8 Å². The highest BCUT2D eigenvalue weighted by atomic mass is 32.2. The van der Waals surface area contributed by atoms with Crippen LogP contribution in [0.15, 0.2) is 36.4 Å². The molecule has 3 N–H and O–H groups in total. The number of fused-ring (bicyclic) bond motifs is 2. The zero-order valence-electron chi connectivity index (χ0n) is 33.9. The molecule has 3 aromatic rings. The van der Waals surface area contributed by atoms with E-state index in [1.54, 1.807) is 6.92 Å². The Morgan fingerprint density at radius 2 is 1.12 bits per heavy atom. The van der Waals surface area contributed by atoms with Gasteiger partial charge in [0.25, 0.3) is 5.69 Å². The molecule has 368 valence electrons. The Morgan fingerprint density at radius 3 is 1.56 bits per heavy atom. The Bertz CT molecular complexity index is 2420. The zero-order chi connectivity index (χ0) is 49.8. The highest BCUT2D eigenvalue weighted by molar-refractivity contribution is 7.88. The number of methoxy groups -OCH3 is 2. The molecule has 0 bridgehead atoms. The number of aliphatic hydroxyl groups is 2. The van der Waals surface area contributed by atoms with Gasteiger partial charge in [0.2, 0.25) is 36.6 Å². The number of alkyl halides is 6. The van der Waals surface area contributed by atoms with Gasteiger partial charge in [-0.2, -0.15) is 43.2 Å². The number of nitro groups is 1. The zero-order valence-corrected chi connectivity index (χ0v) is 35.5. The van der Waals surface area contributed by atoms with Crippen LogP contribution in [0.4, 0.5) is 32.0 Å². The van der Waals surface area contributed by atoms with Crippen LogP contribution in [0.1, 0.15) is 37.2 Å². The molecule has 2 unspecified atom stereocenters. The molecule has 2 atom stereocenters. The Labute approximate surface area is 367 Å². The van der Waals surface area contributed by atoms with Gasteiger partial charge in [0.05, 0.1) is 18.1 Å². The van der Waals surface area contributed by atoms with Crippen LogP contribution in [0.2, 0.25) is 0 Å². The lowest BCUT2D eigenvalue weighted by Crippen LogP contribution is -2.28.